The molecule has 1 fully saturated rings. The first-order valence-electron chi connectivity index (χ1n) is 7.21. The molecule has 2 atom stereocenters. The standard InChI is InChI=1S/C15H23NO3S2/c1-3-16-15(11-17)9-8-13(10-15)20-12-4-6-14(7-5-12)21(2,18)19/h4-7,13,16-17H,3,8-11H2,1-2H3. The molecule has 118 valence electrons. The van der Waals surface area contributed by atoms with Gasteiger partial charge in [0.1, 0.15) is 0 Å². The van der Waals surface area contributed by atoms with Gasteiger partial charge >= 0.3 is 0 Å². The van der Waals surface area contributed by atoms with E-state index in [0.717, 1.165) is 30.7 Å². The molecule has 1 aromatic carbocycles. The number of hydrogen-bond acceptors (Lipinski definition) is 5. The van der Waals surface area contributed by atoms with Crippen molar-refractivity contribution in [1.82, 2.24) is 5.32 Å². The van der Waals surface area contributed by atoms with Crippen LogP contribution in [-0.2, 0) is 9.84 Å². The Morgan fingerprint density at radius 3 is 2.57 bits per heavy atom. The van der Waals surface area contributed by atoms with Crippen LogP contribution in [0.4, 0.5) is 0 Å². The second-order valence-corrected chi connectivity index (χ2v) is 9.08. The van der Waals surface area contributed by atoms with Gasteiger partial charge in [0.2, 0.25) is 0 Å². The summed E-state index contributed by atoms with van der Waals surface area (Å²) >= 11 is 1.77. The lowest BCUT2D eigenvalue weighted by Crippen LogP contribution is -2.46. The molecule has 0 aromatic heterocycles. The first-order chi connectivity index (χ1) is 9.88. The predicted molar refractivity (Wildman–Crippen MR) is 86.5 cm³/mol. The van der Waals surface area contributed by atoms with Crippen molar-refractivity contribution >= 4 is 21.6 Å². The van der Waals surface area contributed by atoms with E-state index in [4.69, 9.17) is 0 Å². The van der Waals surface area contributed by atoms with E-state index in [2.05, 4.69) is 12.2 Å². The molecule has 4 nitrogen and oxygen atoms in total. The first-order valence-corrected chi connectivity index (χ1v) is 9.98. The third-order valence-electron chi connectivity index (χ3n) is 3.97. The summed E-state index contributed by atoms with van der Waals surface area (Å²) in [5, 5.41) is 13.5. The number of likely N-dealkylation sites (N-methyl/N-ethyl adjacent to an activating group) is 1. The van der Waals surface area contributed by atoms with Gasteiger partial charge in [0, 0.05) is 21.9 Å². The van der Waals surface area contributed by atoms with Crippen LogP contribution in [0, 0.1) is 0 Å². The summed E-state index contributed by atoms with van der Waals surface area (Å²) < 4.78 is 22.9. The molecule has 1 aliphatic carbocycles. The van der Waals surface area contributed by atoms with Crippen LogP contribution < -0.4 is 5.32 Å². The fourth-order valence-electron chi connectivity index (χ4n) is 2.87. The van der Waals surface area contributed by atoms with Crippen molar-refractivity contribution in [2.75, 3.05) is 19.4 Å². The highest BCUT2D eigenvalue weighted by molar-refractivity contribution is 8.00. The van der Waals surface area contributed by atoms with Crippen molar-refractivity contribution < 1.29 is 13.5 Å². The molecule has 21 heavy (non-hydrogen) atoms. The molecule has 6 heteroatoms. The van der Waals surface area contributed by atoms with Crippen molar-refractivity contribution in [2.24, 2.45) is 0 Å². The molecular weight excluding hydrogens is 306 g/mol. The van der Waals surface area contributed by atoms with Gasteiger partial charge in [-0.2, -0.15) is 0 Å². The van der Waals surface area contributed by atoms with Crippen LogP contribution in [0.5, 0.6) is 0 Å². The van der Waals surface area contributed by atoms with Crippen LogP contribution in [0.1, 0.15) is 26.2 Å². The molecule has 2 N–H and O–H groups in total. The van der Waals surface area contributed by atoms with Crippen LogP contribution in [0.2, 0.25) is 0 Å². The van der Waals surface area contributed by atoms with E-state index in [0.29, 0.717) is 10.1 Å². The van der Waals surface area contributed by atoms with E-state index in [1.54, 1.807) is 23.9 Å². The fourth-order valence-corrected chi connectivity index (χ4v) is 4.82. The van der Waals surface area contributed by atoms with Gasteiger partial charge < -0.3 is 10.4 Å². The number of nitrogens with one attached hydrogen (secondary N) is 1. The molecular formula is C15H23NO3S2. The van der Waals surface area contributed by atoms with Gasteiger partial charge in [0.05, 0.1) is 11.5 Å². The van der Waals surface area contributed by atoms with Gasteiger partial charge in [0.25, 0.3) is 0 Å². The van der Waals surface area contributed by atoms with Gasteiger partial charge in [-0.1, -0.05) is 6.92 Å². The molecule has 0 bridgehead atoms. The molecule has 0 amide bonds. The number of aliphatic hydroxyl groups excluding tert-OH is 1. The Morgan fingerprint density at radius 2 is 2.05 bits per heavy atom. The van der Waals surface area contributed by atoms with Crippen LogP contribution >= 0.6 is 11.8 Å². The van der Waals surface area contributed by atoms with Crippen molar-refractivity contribution in [3.63, 3.8) is 0 Å². The average Bonchev–Trinajstić information content (AvgIpc) is 2.82. The van der Waals surface area contributed by atoms with Gasteiger partial charge in [-0.15, -0.1) is 11.8 Å². The van der Waals surface area contributed by atoms with Gasteiger partial charge in [-0.05, 0) is 50.1 Å². The van der Waals surface area contributed by atoms with Gasteiger partial charge in [-0.25, -0.2) is 8.42 Å². The number of hydrogen-bond donors (Lipinski definition) is 2. The van der Waals surface area contributed by atoms with Crippen LogP contribution in [-0.4, -0.2) is 43.7 Å². The lowest BCUT2D eigenvalue weighted by molar-refractivity contribution is 0.167. The molecule has 0 saturated heterocycles. The van der Waals surface area contributed by atoms with E-state index >= 15 is 0 Å². The zero-order valence-electron chi connectivity index (χ0n) is 12.5. The molecule has 0 heterocycles. The molecule has 0 spiro atoms. The van der Waals surface area contributed by atoms with E-state index in [1.165, 1.54) is 6.26 Å². The summed E-state index contributed by atoms with van der Waals surface area (Å²) in [6, 6.07) is 7.06. The van der Waals surface area contributed by atoms with Crippen molar-refractivity contribution in [2.45, 2.75) is 46.8 Å². The van der Waals surface area contributed by atoms with Crippen LogP contribution in [0.25, 0.3) is 0 Å². The molecule has 1 aromatic rings. The number of thioether (sulfide) groups is 1. The number of benzene rings is 1. The zero-order valence-corrected chi connectivity index (χ0v) is 14.1. The Kier molecular flexibility index (Phi) is 5.35. The van der Waals surface area contributed by atoms with Gasteiger partial charge in [-0.3, -0.25) is 0 Å². The smallest absolute Gasteiger partial charge is 0.175 e. The van der Waals surface area contributed by atoms with E-state index in [9.17, 15) is 13.5 Å². The molecule has 2 unspecified atom stereocenters. The molecule has 0 aliphatic heterocycles. The summed E-state index contributed by atoms with van der Waals surface area (Å²) in [6.07, 6.45) is 4.20. The molecule has 2 rings (SSSR count). The average molecular weight is 329 g/mol. The van der Waals surface area contributed by atoms with E-state index in [1.807, 2.05) is 12.1 Å². The van der Waals surface area contributed by atoms with Crippen molar-refractivity contribution in [3.05, 3.63) is 24.3 Å². The Bertz CT molecular complexity index is 571. The zero-order chi connectivity index (χ0) is 15.5. The van der Waals surface area contributed by atoms with E-state index in [-0.39, 0.29) is 12.1 Å². The second kappa shape index (κ2) is 6.69. The van der Waals surface area contributed by atoms with Crippen molar-refractivity contribution in [3.8, 4) is 0 Å². The Morgan fingerprint density at radius 1 is 1.38 bits per heavy atom. The highest BCUT2D eigenvalue weighted by Crippen LogP contribution is 2.40. The minimum absolute atomic E-state index is 0.140. The highest BCUT2D eigenvalue weighted by Gasteiger charge is 2.38. The fraction of sp³-hybridized carbons (Fsp3) is 0.600. The third kappa shape index (κ3) is 4.22. The number of aliphatic hydroxyl groups is 1. The monoisotopic (exact) mass is 329 g/mol. The van der Waals surface area contributed by atoms with E-state index < -0.39 is 9.84 Å². The summed E-state index contributed by atoms with van der Waals surface area (Å²) in [7, 11) is -3.13. The summed E-state index contributed by atoms with van der Waals surface area (Å²) in [4.78, 5) is 1.44. The summed E-state index contributed by atoms with van der Waals surface area (Å²) in [5.41, 5.74) is -0.140. The summed E-state index contributed by atoms with van der Waals surface area (Å²) in [5.74, 6) is 0. The Balaban J connectivity index is 2.00. The highest BCUT2D eigenvalue weighted by atomic mass is 32.2. The topological polar surface area (TPSA) is 66.4 Å². The predicted octanol–water partition coefficient (Wildman–Crippen LogP) is 2.08. The van der Waals surface area contributed by atoms with Crippen LogP contribution in [0.15, 0.2) is 34.1 Å². The lowest BCUT2D eigenvalue weighted by Gasteiger charge is -2.28. The van der Waals surface area contributed by atoms with Gasteiger partial charge in [0.15, 0.2) is 9.84 Å². The Labute approximate surface area is 131 Å². The Hall–Kier alpha value is -0.560. The maximum atomic E-state index is 11.4. The SMILES string of the molecule is CCNC1(CO)CCC(Sc2ccc(S(C)(=O)=O)cc2)C1. The van der Waals surface area contributed by atoms with Crippen LogP contribution in [0.3, 0.4) is 0 Å². The minimum Gasteiger partial charge on any atom is -0.394 e. The number of rotatable bonds is 6. The molecule has 0 radical (unpaired) electrons. The second-order valence-electron chi connectivity index (χ2n) is 5.70. The minimum atomic E-state index is -3.13. The maximum absolute atomic E-state index is 11.4. The first kappa shape index (κ1) is 16.8. The quantitative estimate of drug-likeness (QED) is 0.836. The largest absolute Gasteiger partial charge is 0.394 e. The molecule has 1 saturated carbocycles. The van der Waals surface area contributed by atoms with Crippen molar-refractivity contribution in [1.29, 1.82) is 0 Å². The number of sulfone groups is 1. The summed E-state index contributed by atoms with van der Waals surface area (Å²) in [6.45, 7) is 3.09. The third-order valence-corrected chi connectivity index (χ3v) is 6.38. The molecule has 1 aliphatic rings. The lowest BCUT2D eigenvalue weighted by atomic mass is 9.99. The normalized spacial score (nSPS) is 26.1. The maximum Gasteiger partial charge on any atom is 0.175 e.